The highest BCUT2D eigenvalue weighted by Gasteiger charge is 2.18. The molecule has 0 radical (unpaired) electrons. The van der Waals surface area contributed by atoms with E-state index in [-0.39, 0.29) is 23.9 Å². The highest BCUT2D eigenvalue weighted by atomic mass is 35.5. The van der Waals surface area contributed by atoms with Crippen LogP contribution >= 0.6 is 11.6 Å². The molecule has 7 heteroatoms. The maximum atomic E-state index is 9.37. The van der Waals surface area contributed by atoms with E-state index >= 15 is 0 Å². The van der Waals surface area contributed by atoms with Crippen LogP contribution in [-0.2, 0) is 0 Å². The highest BCUT2D eigenvalue weighted by Crippen LogP contribution is 2.19. The average Bonchev–Trinajstić information content (AvgIpc) is 2.45. The van der Waals surface area contributed by atoms with Crippen LogP contribution in [0.1, 0.15) is 33.1 Å². The lowest BCUT2D eigenvalue weighted by Crippen LogP contribution is -2.33. The molecule has 2 heterocycles. The zero-order valence-corrected chi connectivity index (χ0v) is 12.8. The molecule has 1 aliphatic rings. The minimum absolute atomic E-state index is 0.0278. The van der Waals surface area contributed by atoms with Gasteiger partial charge in [0.1, 0.15) is 0 Å². The molecule has 0 spiro atoms. The van der Waals surface area contributed by atoms with Crippen molar-refractivity contribution >= 4 is 23.5 Å². The third kappa shape index (κ3) is 3.93. The zero-order chi connectivity index (χ0) is 14.5. The standard InChI is InChI=1S/C13H22ClN5O/c1-9(2)10(8-20)15-12-16-11(14)17-13(18-12)19-6-4-3-5-7-19/h9-10,20H,3-8H2,1-2H3,(H,15,16,17,18)/t10-/m1/s1. The van der Waals surface area contributed by atoms with Crippen molar-refractivity contribution in [3.63, 3.8) is 0 Å². The molecular weight excluding hydrogens is 278 g/mol. The van der Waals surface area contributed by atoms with Crippen LogP contribution in [-0.4, -0.2) is 45.8 Å². The van der Waals surface area contributed by atoms with Crippen LogP contribution in [0.25, 0.3) is 0 Å². The Balaban J connectivity index is 2.15. The van der Waals surface area contributed by atoms with E-state index in [1.807, 2.05) is 13.8 Å². The Kier molecular flexibility index (Phi) is 5.37. The first-order chi connectivity index (χ1) is 9.60. The van der Waals surface area contributed by atoms with Crippen LogP contribution in [0.5, 0.6) is 0 Å². The molecule has 0 aromatic carbocycles. The molecule has 1 aromatic heterocycles. The van der Waals surface area contributed by atoms with Gasteiger partial charge in [0.25, 0.3) is 0 Å². The predicted molar refractivity (Wildman–Crippen MR) is 80.2 cm³/mol. The van der Waals surface area contributed by atoms with Crippen molar-refractivity contribution in [2.45, 2.75) is 39.2 Å². The van der Waals surface area contributed by atoms with Crippen LogP contribution in [0.3, 0.4) is 0 Å². The lowest BCUT2D eigenvalue weighted by atomic mass is 10.1. The Hall–Kier alpha value is -1.14. The number of hydrogen-bond acceptors (Lipinski definition) is 6. The molecule has 112 valence electrons. The van der Waals surface area contributed by atoms with Crippen molar-refractivity contribution < 1.29 is 5.11 Å². The third-order valence-electron chi connectivity index (χ3n) is 3.55. The van der Waals surface area contributed by atoms with Gasteiger partial charge >= 0.3 is 0 Å². The molecule has 0 unspecified atom stereocenters. The van der Waals surface area contributed by atoms with Gasteiger partial charge in [0.05, 0.1) is 12.6 Å². The summed E-state index contributed by atoms with van der Waals surface area (Å²) in [6.45, 7) is 5.99. The summed E-state index contributed by atoms with van der Waals surface area (Å²) in [6.07, 6.45) is 3.55. The van der Waals surface area contributed by atoms with Gasteiger partial charge in [-0.3, -0.25) is 0 Å². The van der Waals surface area contributed by atoms with Gasteiger partial charge in [-0.25, -0.2) is 0 Å². The van der Waals surface area contributed by atoms with E-state index in [0.29, 0.717) is 11.9 Å². The molecule has 2 N–H and O–H groups in total. The lowest BCUT2D eigenvalue weighted by molar-refractivity contribution is 0.248. The van der Waals surface area contributed by atoms with Gasteiger partial charge in [-0.15, -0.1) is 0 Å². The summed E-state index contributed by atoms with van der Waals surface area (Å²) in [5, 5.41) is 12.7. The fourth-order valence-electron chi connectivity index (χ4n) is 2.23. The highest BCUT2D eigenvalue weighted by molar-refractivity contribution is 6.28. The number of aliphatic hydroxyl groups excluding tert-OH is 1. The molecule has 0 aliphatic carbocycles. The molecule has 6 nitrogen and oxygen atoms in total. The van der Waals surface area contributed by atoms with Crippen molar-refractivity contribution in [1.29, 1.82) is 0 Å². The van der Waals surface area contributed by atoms with Crippen molar-refractivity contribution in [3.8, 4) is 0 Å². The molecule has 0 saturated carbocycles. The van der Waals surface area contributed by atoms with E-state index in [1.165, 1.54) is 6.42 Å². The SMILES string of the molecule is CC(C)[C@@H](CO)Nc1nc(Cl)nc(N2CCCCC2)n1. The second-order valence-electron chi connectivity index (χ2n) is 5.45. The number of aliphatic hydroxyl groups is 1. The largest absolute Gasteiger partial charge is 0.394 e. The smallest absolute Gasteiger partial charge is 0.231 e. The van der Waals surface area contributed by atoms with Crippen molar-refractivity contribution in [2.24, 2.45) is 5.92 Å². The zero-order valence-electron chi connectivity index (χ0n) is 12.0. The van der Waals surface area contributed by atoms with Gasteiger partial charge in [0.15, 0.2) is 0 Å². The van der Waals surface area contributed by atoms with Crippen molar-refractivity contribution in [3.05, 3.63) is 5.28 Å². The van der Waals surface area contributed by atoms with Gasteiger partial charge in [0, 0.05) is 13.1 Å². The quantitative estimate of drug-likeness (QED) is 0.865. The molecule has 0 bridgehead atoms. The van der Waals surface area contributed by atoms with E-state index in [0.717, 1.165) is 25.9 Å². The van der Waals surface area contributed by atoms with Gasteiger partial charge in [-0.1, -0.05) is 13.8 Å². The molecule has 2 rings (SSSR count). The summed E-state index contributed by atoms with van der Waals surface area (Å²) in [6, 6.07) is -0.0947. The first-order valence-corrected chi connectivity index (χ1v) is 7.52. The van der Waals surface area contributed by atoms with E-state index < -0.39 is 0 Å². The third-order valence-corrected chi connectivity index (χ3v) is 3.72. The predicted octanol–water partition coefficient (Wildman–Crippen LogP) is 1.94. The van der Waals surface area contributed by atoms with Crippen molar-refractivity contribution in [2.75, 3.05) is 29.9 Å². The molecule has 1 aromatic rings. The molecule has 20 heavy (non-hydrogen) atoms. The summed E-state index contributed by atoms with van der Waals surface area (Å²) in [5.41, 5.74) is 0. The average molecular weight is 300 g/mol. The maximum Gasteiger partial charge on any atom is 0.231 e. The normalized spacial score (nSPS) is 17.4. The Morgan fingerprint density at radius 3 is 2.50 bits per heavy atom. The van der Waals surface area contributed by atoms with Crippen LogP contribution in [0, 0.1) is 5.92 Å². The molecule has 1 aliphatic heterocycles. The summed E-state index contributed by atoms with van der Waals surface area (Å²) in [5.74, 6) is 1.32. The minimum atomic E-state index is -0.0947. The van der Waals surface area contributed by atoms with Crippen LogP contribution in [0.2, 0.25) is 5.28 Å². The fraction of sp³-hybridized carbons (Fsp3) is 0.769. The van der Waals surface area contributed by atoms with Crippen LogP contribution in [0.4, 0.5) is 11.9 Å². The fourth-order valence-corrected chi connectivity index (χ4v) is 2.38. The number of rotatable bonds is 5. The van der Waals surface area contributed by atoms with Gasteiger partial charge in [-0.05, 0) is 36.8 Å². The summed E-state index contributed by atoms with van der Waals surface area (Å²) in [7, 11) is 0. The molecule has 0 amide bonds. The van der Waals surface area contributed by atoms with Crippen LogP contribution in [0.15, 0.2) is 0 Å². The number of nitrogens with one attached hydrogen (secondary N) is 1. The number of anilines is 2. The summed E-state index contributed by atoms with van der Waals surface area (Å²) >= 11 is 5.98. The Morgan fingerprint density at radius 1 is 1.20 bits per heavy atom. The van der Waals surface area contributed by atoms with E-state index in [1.54, 1.807) is 0 Å². The molecular formula is C13H22ClN5O. The van der Waals surface area contributed by atoms with E-state index in [4.69, 9.17) is 11.6 Å². The lowest BCUT2D eigenvalue weighted by Gasteiger charge is -2.27. The number of aromatic nitrogens is 3. The van der Waals surface area contributed by atoms with Crippen molar-refractivity contribution in [1.82, 2.24) is 15.0 Å². The molecule has 1 atom stereocenters. The Bertz CT molecular complexity index is 437. The monoisotopic (exact) mass is 299 g/mol. The topological polar surface area (TPSA) is 74.2 Å². The molecule has 1 saturated heterocycles. The van der Waals surface area contributed by atoms with E-state index in [9.17, 15) is 5.11 Å². The molecule has 1 fully saturated rings. The number of hydrogen-bond donors (Lipinski definition) is 2. The van der Waals surface area contributed by atoms with Gasteiger partial charge < -0.3 is 15.3 Å². The number of halogens is 1. The Labute approximate surface area is 124 Å². The second kappa shape index (κ2) is 7.04. The van der Waals surface area contributed by atoms with Crippen LogP contribution < -0.4 is 10.2 Å². The minimum Gasteiger partial charge on any atom is -0.394 e. The second-order valence-corrected chi connectivity index (χ2v) is 5.79. The number of piperidine rings is 1. The summed E-state index contributed by atoms with van der Waals surface area (Å²) in [4.78, 5) is 14.9. The first-order valence-electron chi connectivity index (χ1n) is 7.14. The van der Waals surface area contributed by atoms with Gasteiger partial charge in [0.2, 0.25) is 17.2 Å². The van der Waals surface area contributed by atoms with Gasteiger partial charge in [-0.2, -0.15) is 15.0 Å². The Morgan fingerprint density at radius 2 is 1.90 bits per heavy atom. The maximum absolute atomic E-state index is 9.37. The first kappa shape index (κ1) is 15.3. The summed E-state index contributed by atoms with van der Waals surface area (Å²) < 4.78 is 0. The van der Waals surface area contributed by atoms with E-state index in [2.05, 4.69) is 25.2 Å². The number of nitrogens with zero attached hydrogens (tertiary/aromatic N) is 4.